The quantitative estimate of drug-likeness (QED) is 0.869. The summed E-state index contributed by atoms with van der Waals surface area (Å²) in [6, 6.07) is 5.27. The number of hydrogen-bond acceptors (Lipinski definition) is 4. The van der Waals surface area contributed by atoms with Gasteiger partial charge in [-0.05, 0) is 44.0 Å². The van der Waals surface area contributed by atoms with Crippen molar-refractivity contribution in [3.63, 3.8) is 0 Å². The summed E-state index contributed by atoms with van der Waals surface area (Å²) in [6.07, 6.45) is 3.28. The van der Waals surface area contributed by atoms with Crippen LogP contribution in [0.1, 0.15) is 43.0 Å². The van der Waals surface area contributed by atoms with Gasteiger partial charge in [0.1, 0.15) is 5.75 Å². The van der Waals surface area contributed by atoms with Gasteiger partial charge in [0, 0.05) is 12.6 Å². The molecule has 1 saturated heterocycles. The van der Waals surface area contributed by atoms with Crippen molar-refractivity contribution in [1.29, 1.82) is 0 Å². The van der Waals surface area contributed by atoms with Crippen molar-refractivity contribution in [1.82, 2.24) is 5.32 Å². The minimum absolute atomic E-state index is 0.0598. The van der Waals surface area contributed by atoms with Gasteiger partial charge in [-0.2, -0.15) is 0 Å². The fraction of sp³-hybridized carbons (Fsp3) is 0.529. The van der Waals surface area contributed by atoms with Gasteiger partial charge in [0.25, 0.3) is 5.91 Å². The Bertz CT molecular complexity index is 594. The Hall–Kier alpha value is -1.88. The number of likely N-dealkylation sites (N-methyl/N-ethyl adjacent to an activating group) is 1. The highest BCUT2D eigenvalue weighted by atomic mass is 16.5. The van der Waals surface area contributed by atoms with Gasteiger partial charge in [0.2, 0.25) is 0 Å². The zero-order valence-corrected chi connectivity index (χ0v) is 13.1. The first-order valence-electron chi connectivity index (χ1n) is 7.97. The number of ether oxygens (including phenoxy) is 1. The van der Waals surface area contributed by atoms with Crippen LogP contribution in [-0.2, 0) is 4.79 Å². The first-order valence-corrected chi connectivity index (χ1v) is 7.97. The number of rotatable bonds is 3. The van der Waals surface area contributed by atoms with E-state index in [0.29, 0.717) is 23.4 Å². The van der Waals surface area contributed by atoms with Gasteiger partial charge < -0.3 is 15.0 Å². The molecule has 2 heterocycles. The zero-order chi connectivity index (χ0) is 15.7. The number of carbonyl (C=O) groups excluding carboxylic acids is 2. The molecular formula is C17H22N2O3. The standard InChI is InChI=1S/C17H22N2O3/c1-3-14-17(21)19(2)13-10-11(7-8-15(13)22-14)16(20)12-6-4-5-9-18-12/h7-8,10,12,14,18H,3-6,9H2,1-2H3. The highest BCUT2D eigenvalue weighted by Gasteiger charge is 2.32. The third-order valence-electron chi connectivity index (χ3n) is 4.48. The number of nitrogens with one attached hydrogen (secondary N) is 1. The van der Waals surface area contributed by atoms with Gasteiger partial charge in [-0.3, -0.25) is 9.59 Å². The molecular weight excluding hydrogens is 280 g/mol. The summed E-state index contributed by atoms with van der Waals surface area (Å²) in [7, 11) is 1.74. The highest BCUT2D eigenvalue weighted by Crippen LogP contribution is 2.35. The van der Waals surface area contributed by atoms with Gasteiger partial charge in [-0.15, -0.1) is 0 Å². The SMILES string of the molecule is CCC1Oc2ccc(C(=O)C3CCCCN3)cc2N(C)C1=O. The molecule has 3 rings (SSSR count). The molecule has 1 aromatic carbocycles. The third kappa shape index (κ3) is 2.61. The predicted octanol–water partition coefficient (Wildman–Crippen LogP) is 2.15. The molecule has 2 aliphatic rings. The van der Waals surface area contributed by atoms with E-state index in [9.17, 15) is 9.59 Å². The molecule has 0 aromatic heterocycles. The van der Waals surface area contributed by atoms with Crippen LogP contribution in [0, 0.1) is 0 Å². The van der Waals surface area contributed by atoms with E-state index in [4.69, 9.17) is 4.74 Å². The Balaban J connectivity index is 1.87. The average Bonchev–Trinajstić information content (AvgIpc) is 2.58. The van der Waals surface area contributed by atoms with Gasteiger partial charge in [0.05, 0.1) is 11.7 Å². The maximum atomic E-state index is 12.6. The summed E-state index contributed by atoms with van der Waals surface area (Å²) < 4.78 is 5.73. The monoisotopic (exact) mass is 302 g/mol. The molecule has 0 aliphatic carbocycles. The van der Waals surface area contributed by atoms with Crippen molar-refractivity contribution >= 4 is 17.4 Å². The number of fused-ring (bicyclic) bond motifs is 1. The summed E-state index contributed by atoms with van der Waals surface area (Å²) in [4.78, 5) is 26.4. The van der Waals surface area contributed by atoms with E-state index < -0.39 is 6.10 Å². The second-order valence-corrected chi connectivity index (χ2v) is 5.96. The second-order valence-electron chi connectivity index (χ2n) is 5.96. The molecule has 1 amide bonds. The summed E-state index contributed by atoms with van der Waals surface area (Å²) in [5.74, 6) is 0.707. The number of anilines is 1. The number of ketones is 1. The number of piperidine rings is 1. The molecule has 5 nitrogen and oxygen atoms in total. The highest BCUT2D eigenvalue weighted by molar-refractivity contribution is 6.04. The third-order valence-corrected chi connectivity index (χ3v) is 4.48. The van der Waals surface area contributed by atoms with E-state index >= 15 is 0 Å². The van der Waals surface area contributed by atoms with Crippen molar-refractivity contribution in [3.8, 4) is 5.75 Å². The molecule has 22 heavy (non-hydrogen) atoms. The predicted molar refractivity (Wildman–Crippen MR) is 84.5 cm³/mol. The lowest BCUT2D eigenvalue weighted by Crippen LogP contribution is -2.43. The number of nitrogens with zero attached hydrogens (tertiary/aromatic N) is 1. The minimum Gasteiger partial charge on any atom is -0.478 e. The van der Waals surface area contributed by atoms with Crippen molar-refractivity contribution in [2.24, 2.45) is 0 Å². The molecule has 0 radical (unpaired) electrons. The van der Waals surface area contributed by atoms with E-state index in [-0.39, 0.29) is 17.7 Å². The lowest BCUT2D eigenvalue weighted by Gasteiger charge is -2.32. The van der Waals surface area contributed by atoms with Crippen LogP contribution < -0.4 is 15.0 Å². The summed E-state index contributed by atoms with van der Waals surface area (Å²) >= 11 is 0. The molecule has 0 bridgehead atoms. The van der Waals surface area contributed by atoms with Crippen LogP contribution in [0.25, 0.3) is 0 Å². The second kappa shape index (κ2) is 6.08. The summed E-state index contributed by atoms with van der Waals surface area (Å²) in [5.41, 5.74) is 1.31. The normalized spacial score (nSPS) is 24.6. The number of Topliss-reactive ketones (excluding diaryl/α,β-unsaturated/α-hetero) is 1. The Labute approximate surface area is 130 Å². The van der Waals surface area contributed by atoms with Crippen LogP contribution in [0.2, 0.25) is 0 Å². The Morgan fingerprint density at radius 2 is 2.23 bits per heavy atom. The molecule has 118 valence electrons. The molecule has 1 N–H and O–H groups in total. The topological polar surface area (TPSA) is 58.6 Å². The Kier molecular flexibility index (Phi) is 4.16. The maximum absolute atomic E-state index is 12.6. The van der Waals surface area contributed by atoms with E-state index in [1.165, 1.54) is 0 Å². The van der Waals surface area contributed by atoms with Crippen LogP contribution in [0.15, 0.2) is 18.2 Å². The van der Waals surface area contributed by atoms with E-state index in [0.717, 1.165) is 25.8 Å². The molecule has 2 unspecified atom stereocenters. The van der Waals surface area contributed by atoms with E-state index in [1.807, 2.05) is 6.92 Å². The Morgan fingerprint density at radius 3 is 2.91 bits per heavy atom. The first kappa shape index (κ1) is 15.0. The minimum atomic E-state index is -0.431. The largest absolute Gasteiger partial charge is 0.478 e. The number of hydrogen-bond donors (Lipinski definition) is 1. The number of carbonyl (C=O) groups is 2. The van der Waals surface area contributed by atoms with Crippen molar-refractivity contribution < 1.29 is 14.3 Å². The molecule has 1 aromatic rings. The van der Waals surface area contributed by atoms with Crippen LogP contribution in [0.5, 0.6) is 5.75 Å². The number of benzene rings is 1. The average molecular weight is 302 g/mol. The van der Waals surface area contributed by atoms with Gasteiger partial charge in [-0.1, -0.05) is 13.3 Å². The lowest BCUT2D eigenvalue weighted by molar-refractivity contribution is -0.126. The molecule has 2 aliphatic heterocycles. The zero-order valence-electron chi connectivity index (χ0n) is 13.1. The van der Waals surface area contributed by atoms with E-state index in [2.05, 4.69) is 5.32 Å². The Morgan fingerprint density at radius 1 is 1.41 bits per heavy atom. The van der Waals surface area contributed by atoms with Gasteiger partial charge in [-0.25, -0.2) is 0 Å². The fourth-order valence-electron chi connectivity index (χ4n) is 3.11. The van der Waals surface area contributed by atoms with Crippen LogP contribution in [-0.4, -0.2) is 37.4 Å². The summed E-state index contributed by atoms with van der Waals surface area (Å²) in [5, 5.41) is 3.27. The van der Waals surface area contributed by atoms with Crippen molar-refractivity contribution in [2.45, 2.75) is 44.8 Å². The van der Waals surface area contributed by atoms with Gasteiger partial charge >= 0.3 is 0 Å². The molecule has 0 spiro atoms. The fourth-order valence-corrected chi connectivity index (χ4v) is 3.11. The molecule has 2 atom stereocenters. The number of amides is 1. The summed E-state index contributed by atoms with van der Waals surface area (Å²) in [6.45, 7) is 2.81. The van der Waals surface area contributed by atoms with Crippen molar-refractivity contribution in [2.75, 3.05) is 18.5 Å². The molecule has 0 saturated carbocycles. The maximum Gasteiger partial charge on any atom is 0.267 e. The molecule has 5 heteroatoms. The van der Waals surface area contributed by atoms with Crippen LogP contribution in [0.3, 0.4) is 0 Å². The first-order chi connectivity index (χ1) is 10.6. The van der Waals surface area contributed by atoms with Gasteiger partial charge in [0.15, 0.2) is 11.9 Å². The smallest absolute Gasteiger partial charge is 0.267 e. The molecule has 1 fully saturated rings. The van der Waals surface area contributed by atoms with E-state index in [1.54, 1.807) is 30.1 Å². The van der Waals surface area contributed by atoms with Crippen LogP contribution in [0.4, 0.5) is 5.69 Å². The van der Waals surface area contributed by atoms with Crippen LogP contribution >= 0.6 is 0 Å². The van der Waals surface area contributed by atoms with Crippen molar-refractivity contribution in [3.05, 3.63) is 23.8 Å². The lowest BCUT2D eigenvalue weighted by atomic mass is 9.95.